The van der Waals surface area contributed by atoms with E-state index in [1.54, 1.807) is 12.4 Å². The minimum atomic E-state index is 0.409. The summed E-state index contributed by atoms with van der Waals surface area (Å²) < 4.78 is 0. The number of azo groups is 1. The monoisotopic (exact) mass is 564 g/mol. The van der Waals surface area contributed by atoms with Crippen LogP contribution in [0.1, 0.15) is 31.0 Å². The highest BCUT2D eigenvalue weighted by Gasteiger charge is 2.41. The van der Waals surface area contributed by atoms with E-state index in [9.17, 15) is 0 Å². The third kappa shape index (κ3) is 6.33. The molecule has 43 heavy (non-hydrogen) atoms. The molecular weight excluding hydrogens is 532 g/mol. The van der Waals surface area contributed by atoms with Crippen molar-refractivity contribution in [1.82, 2.24) is 19.9 Å². The summed E-state index contributed by atoms with van der Waals surface area (Å²) in [6, 6.07) is 20.0. The van der Waals surface area contributed by atoms with Crippen molar-refractivity contribution < 1.29 is 0 Å². The van der Waals surface area contributed by atoms with Gasteiger partial charge in [0.15, 0.2) is 0 Å². The van der Waals surface area contributed by atoms with E-state index in [4.69, 9.17) is 15.1 Å². The molecule has 3 atom stereocenters. The topological polar surface area (TPSA) is 100 Å². The lowest BCUT2D eigenvalue weighted by Gasteiger charge is -2.14. The van der Waals surface area contributed by atoms with Crippen molar-refractivity contribution in [2.75, 3.05) is 10.6 Å². The molecule has 2 aromatic heterocycles. The Balaban J connectivity index is 1.08. The second kappa shape index (κ2) is 11.6. The Morgan fingerprint density at radius 2 is 1.63 bits per heavy atom. The minimum absolute atomic E-state index is 0.409. The summed E-state index contributed by atoms with van der Waals surface area (Å²) in [7, 11) is 0. The van der Waals surface area contributed by atoms with Crippen LogP contribution in [0.5, 0.6) is 0 Å². The second-order valence-electron chi connectivity index (χ2n) is 11.3. The summed E-state index contributed by atoms with van der Waals surface area (Å²) in [5, 5.41) is 16.0. The quantitative estimate of drug-likeness (QED) is 0.208. The summed E-state index contributed by atoms with van der Waals surface area (Å²) in [6.45, 7) is 4.27. The number of nitrogens with zero attached hydrogens (tertiary/aromatic N) is 6. The van der Waals surface area contributed by atoms with Crippen LogP contribution in [0.3, 0.4) is 0 Å². The van der Waals surface area contributed by atoms with E-state index in [-0.39, 0.29) is 0 Å². The second-order valence-corrected chi connectivity index (χ2v) is 11.3. The van der Waals surface area contributed by atoms with Crippen LogP contribution in [-0.2, 0) is 0 Å². The van der Waals surface area contributed by atoms with Crippen LogP contribution in [0.25, 0.3) is 16.8 Å². The Hall–Kier alpha value is -5.24. The van der Waals surface area contributed by atoms with Crippen LogP contribution in [0, 0.1) is 24.7 Å². The van der Waals surface area contributed by atoms with Crippen molar-refractivity contribution in [3.8, 4) is 11.3 Å². The average molecular weight is 565 g/mol. The summed E-state index contributed by atoms with van der Waals surface area (Å²) in [4.78, 5) is 18.4. The smallest absolute Gasteiger partial charge is 0.227 e. The molecule has 212 valence electrons. The Labute approximate surface area is 251 Å². The number of fused-ring (bicyclic) bond motifs is 1. The van der Waals surface area contributed by atoms with Gasteiger partial charge in [-0.25, -0.2) is 19.9 Å². The highest BCUT2D eigenvalue weighted by Crippen LogP contribution is 2.51. The molecule has 3 unspecified atom stereocenters. The lowest BCUT2D eigenvalue weighted by atomic mass is 10.0. The zero-order chi connectivity index (χ0) is 29.2. The predicted octanol–water partition coefficient (Wildman–Crippen LogP) is 8.58. The van der Waals surface area contributed by atoms with Gasteiger partial charge in [-0.05, 0) is 85.7 Å². The summed E-state index contributed by atoms with van der Waals surface area (Å²) in [5.74, 6) is 2.52. The summed E-state index contributed by atoms with van der Waals surface area (Å²) in [6.07, 6.45) is 16.6. The van der Waals surface area contributed by atoms with Crippen molar-refractivity contribution in [2.24, 2.45) is 28.0 Å². The number of aryl methyl sites for hydroxylation is 1. The largest absolute Gasteiger partial charge is 0.324 e. The normalized spacial score (nSPS) is 20.6. The molecule has 7 rings (SSSR count). The number of nitrogens with one attached hydrogen (secondary N) is 2. The number of rotatable bonds is 8. The third-order valence-corrected chi connectivity index (χ3v) is 7.78. The molecule has 2 aromatic carbocycles. The molecule has 1 saturated carbocycles. The van der Waals surface area contributed by atoms with Crippen LogP contribution >= 0.6 is 0 Å². The van der Waals surface area contributed by atoms with Gasteiger partial charge in [0.05, 0.1) is 22.8 Å². The van der Waals surface area contributed by atoms with Crippen LogP contribution in [0.15, 0.2) is 125 Å². The first-order chi connectivity index (χ1) is 21.1. The number of benzene rings is 2. The number of hydrogen-bond acceptors (Lipinski definition) is 8. The van der Waals surface area contributed by atoms with E-state index < -0.39 is 0 Å². The van der Waals surface area contributed by atoms with Gasteiger partial charge in [0.2, 0.25) is 11.9 Å². The Bertz CT molecular complexity index is 1820. The Morgan fingerprint density at radius 3 is 2.47 bits per heavy atom. The van der Waals surface area contributed by atoms with Gasteiger partial charge in [-0.3, -0.25) is 0 Å². The maximum Gasteiger partial charge on any atom is 0.227 e. The molecule has 0 saturated heterocycles. The van der Waals surface area contributed by atoms with E-state index >= 15 is 0 Å². The molecule has 0 radical (unpaired) electrons. The number of aromatic nitrogens is 4. The van der Waals surface area contributed by atoms with Crippen molar-refractivity contribution >= 4 is 28.8 Å². The van der Waals surface area contributed by atoms with Gasteiger partial charge < -0.3 is 10.6 Å². The van der Waals surface area contributed by atoms with E-state index in [2.05, 4.69) is 82.1 Å². The summed E-state index contributed by atoms with van der Waals surface area (Å²) in [5.41, 5.74) is 8.64. The van der Waals surface area contributed by atoms with Crippen molar-refractivity contribution in [2.45, 2.75) is 26.7 Å². The molecule has 0 bridgehead atoms. The van der Waals surface area contributed by atoms with Crippen LogP contribution in [0.4, 0.5) is 23.3 Å². The predicted molar refractivity (Wildman–Crippen MR) is 171 cm³/mol. The van der Waals surface area contributed by atoms with Crippen LogP contribution < -0.4 is 10.6 Å². The van der Waals surface area contributed by atoms with Gasteiger partial charge in [-0.2, -0.15) is 10.2 Å². The molecule has 8 nitrogen and oxygen atoms in total. The zero-order valence-corrected chi connectivity index (χ0v) is 24.1. The van der Waals surface area contributed by atoms with E-state index in [1.165, 1.54) is 5.56 Å². The fraction of sp³-hybridized carbons (Fsp3) is 0.200. The third-order valence-electron chi connectivity index (χ3n) is 7.78. The standard InChI is InChI=1S/C35H32N8/c1-22-9-11-27(12-10-22)38-34-36-15-13-31(40-34)24-6-4-8-29(19-24)42-43-33-21-26(18-25-20-30(25)33)32-14-16-37-35(41-32)39-28-7-3-5-23(2)17-28/h3-4,6-19,21,23,25,30H,5,20H2,1-2H3,(H,36,38,40)(H,37,39,41). The summed E-state index contributed by atoms with van der Waals surface area (Å²) >= 11 is 0. The van der Waals surface area contributed by atoms with E-state index in [0.717, 1.165) is 58.1 Å². The highest BCUT2D eigenvalue weighted by molar-refractivity contribution is 5.75. The maximum absolute atomic E-state index is 4.80. The molecule has 2 heterocycles. The van der Waals surface area contributed by atoms with Crippen LogP contribution in [0.2, 0.25) is 0 Å². The van der Waals surface area contributed by atoms with Crippen molar-refractivity contribution in [1.29, 1.82) is 0 Å². The van der Waals surface area contributed by atoms with Gasteiger partial charge in [0.25, 0.3) is 0 Å². The lowest BCUT2D eigenvalue weighted by molar-refractivity contribution is 0.729. The number of allylic oxidation sites excluding steroid dienone is 7. The molecule has 3 aliphatic carbocycles. The molecule has 8 heteroatoms. The fourth-order valence-corrected chi connectivity index (χ4v) is 5.37. The molecule has 1 fully saturated rings. The average Bonchev–Trinajstić information content (AvgIpc) is 3.82. The van der Waals surface area contributed by atoms with Gasteiger partial charge in [-0.15, -0.1) is 0 Å². The Morgan fingerprint density at radius 1 is 0.837 bits per heavy atom. The van der Waals surface area contributed by atoms with E-state index in [0.29, 0.717) is 29.7 Å². The molecule has 0 aliphatic heterocycles. The molecule has 0 amide bonds. The first-order valence-electron chi connectivity index (χ1n) is 14.7. The highest BCUT2D eigenvalue weighted by atomic mass is 15.1. The lowest BCUT2D eigenvalue weighted by Crippen LogP contribution is -2.07. The van der Waals surface area contributed by atoms with Gasteiger partial charge in [0.1, 0.15) is 0 Å². The number of anilines is 3. The van der Waals surface area contributed by atoms with E-state index in [1.807, 2.05) is 48.5 Å². The van der Waals surface area contributed by atoms with Crippen molar-refractivity contribution in [3.63, 3.8) is 0 Å². The molecule has 2 N–H and O–H groups in total. The number of hydrogen-bond donors (Lipinski definition) is 2. The zero-order valence-electron chi connectivity index (χ0n) is 24.1. The minimum Gasteiger partial charge on any atom is -0.324 e. The molecule has 3 aliphatic rings. The molecule has 0 spiro atoms. The fourth-order valence-electron chi connectivity index (χ4n) is 5.37. The first kappa shape index (κ1) is 26.6. The van der Waals surface area contributed by atoms with Crippen molar-refractivity contribution in [3.05, 3.63) is 126 Å². The first-order valence-corrected chi connectivity index (χ1v) is 14.7. The van der Waals surface area contributed by atoms with Gasteiger partial charge in [-0.1, -0.05) is 55.0 Å². The molecular formula is C35H32N8. The van der Waals surface area contributed by atoms with Gasteiger partial charge in [0, 0.05) is 35.3 Å². The molecule has 4 aromatic rings. The van der Waals surface area contributed by atoms with Crippen LogP contribution in [-0.4, -0.2) is 19.9 Å². The maximum atomic E-state index is 4.80. The Kier molecular flexibility index (Phi) is 7.17. The van der Waals surface area contributed by atoms with Gasteiger partial charge >= 0.3 is 0 Å². The SMILES string of the molecule is Cc1ccc(Nc2nccc(-c3cccc(N=NC4=CC(c5ccnc(NC6=CC(C)CC=C6)n5)=CC5CC45)c3)n2)cc1.